The summed E-state index contributed by atoms with van der Waals surface area (Å²) in [7, 11) is 0. The summed E-state index contributed by atoms with van der Waals surface area (Å²) in [5, 5.41) is 7.21. The lowest BCUT2D eigenvalue weighted by atomic mass is 10.1. The molecule has 2 heterocycles. The fourth-order valence-corrected chi connectivity index (χ4v) is 3.65. The molecule has 2 aromatic rings. The number of aryl methyl sites for hydroxylation is 3. The Morgan fingerprint density at radius 2 is 2.03 bits per heavy atom. The van der Waals surface area contributed by atoms with E-state index in [0.29, 0.717) is 25.1 Å². The molecule has 0 radical (unpaired) electrons. The van der Waals surface area contributed by atoms with E-state index in [2.05, 4.69) is 10.4 Å². The van der Waals surface area contributed by atoms with E-state index in [9.17, 15) is 22.8 Å². The van der Waals surface area contributed by atoms with Crippen LogP contribution in [0.3, 0.4) is 0 Å². The Labute approximate surface area is 173 Å². The SMILES string of the molecule is Cc1cc(C)n(CCCNC(=O)C2CC(=O)N(Cc3cccc(C(F)(F)F)c3)C2)n1. The van der Waals surface area contributed by atoms with Crippen LogP contribution in [0.1, 0.15) is 35.4 Å². The summed E-state index contributed by atoms with van der Waals surface area (Å²) >= 11 is 0. The lowest BCUT2D eigenvalue weighted by molar-refractivity contribution is -0.137. The number of benzene rings is 1. The van der Waals surface area contributed by atoms with Gasteiger partial charge in [-0.15, -0.1) is 0 Å². The molecular formula is C21H25F3N4O2. The van der Waals surface area contributed by atoms with Gasteiger partial charge < -0.3 is 10.2 Å². The summed E-state index contributed by atoms with van der Waals surface area (Å²) in [5.74, 6) is -0.921. The molecule has 2 amide bonds. The molecule has 1 atom stereocenters. The standard InChI is InChI=1S/C21H25F3N4O2/c1-14-9-15(2)28(26-14)8-4-7-25-20(30)17-11-19(29)27(13-17)12-16-5-3-6-18(10-16)21(22,23)24/h3,5-6,9-10,17H,4,7-8,11-13H2,1-2H3,(H,25,30). The van der Waals surface area contributed by atoms with Gasteiger partial charge in [0.05, 0.1) is 17.2 Å². The van der Waals surface area contributed by atoms with Crippen molar-refractivity contribution in [2.75, 3.05) is 13.1 Å². The van der Waals surface area contributed by atoms with Crippen LogP contribution in [-0.4, -0.2) is 39.6 Å². The third kappa shape index (κ3) is 5.40. The van der Waals surface area contributed by atoms with Crippen molar-refractivity contribution >= 4 is 11.8 Å². The largest absolute Gasteiger partial charge is 0.416 e. The summed E-state index contributed by atoms with van der Waals surface area (Å²) in [6.07, 6.45) is -3.65. The molecule has 1 unspecified atom stereocenters. The van der Waals surface area contributed by atoms with Crippen LogP contribution in [-0.2, 0) is 28.9 Å². The van der Waals surface area contributed by atoms with Crippen molar-refractivity contribution in [2.24, 2.45) is 5.92 Å². The minimum Gasteiger partial charge on any atom is -0.356 e. The number of alkyl halides is 3. The molecular weight excluding hydrogens is 397 g/mol. The smallest absolute Gasteiger partial charge is 0.356 e. The molecule has 0 aliphatic carbocycles. The molecule has 1 fully saturated rings. The van der Waals surface area contributed by atoms with E-state index in [1.165, 1.54) is 11.0 Å². The number of carbonyl (C=O) groups excluding carboxylic acids is 2. The van der Waals surface area contributed by atoms with Gasteiger partial charge in [-0.25, -0.2) is 0 Å². The molecule has 30 heavy (non-hydrogen) atoms. The number of hydrogen-bond acceptors (Lipinski definition) is 3. The number of aromatic nitrogens is 2. The molecule has 1 saturated heterocycles. The van der Waals surface area contributed by atoms with Crippen LogP contribution >= 0.6 is 0 Å². The van der Waals surface area contributed by atoms with Gasteiger partial charge in [0.15, 0.2) is 0 Å². The number of amides is 2. The summed E-state index contributed by atoms with van der Waals surface area (Å²) in [6, 6.07) is 6.90. The second-order valence-corrected chi connectivity index (χ2v) is 7.67. The second kappa shape index (κ2) is 8.89. The molecule has 0 saturated carbocycles. The van der Waals surface area contributed by atoms with E-state index in [-0.39, 0.29) is 31.3 Å². The van der Waals surface area contributed by atoms with Gasteiger partial charge >= 0.3 is 6.18 Å². The maximum atomic E-state index is 12.9. The van der Waals surface area contributed by atoms with E-state index in [1.54, 1.807) is 6.07 Å². The Kier molecular flexibility index (Phi) is 6.48. The maximum absolute atomic E-state index is 12.9. The first kappa shape index (κ1) is 21.9. The number of nitrogens with one attached hydrogen (secondary N) is 1. The first-order valence-electron chi connectivity index (χ1n) is 9.86. The highest BCUT2D eigenvalue weighted by Crippen LogP contribution is 2.30. The predicted octanol–water partition coefficient (Wildman–Crippen LogP) is 3.07. The summed E-state index contributed by atoms with van der Waals surface area (Å²) in [6.45, 7) is 5.32. The zero-order valence-corrected chi connectivity index (χ0v) is 17.0. The minimum atomic E-state index is -4.43. The van der Waals surface area contributed by atoms with E-state index in [0.717, 1.165) is 23.5 Å². The monoisotopic (exact) mass is 422 g/mol. The van der Waals surface area contributed by atoms with Gasteiger partial charge in [-0.2, -0.15) is 18.3 Å². The van der Waals surface area contributed by atoms with Crippen LogP contribution in [0.4, 0.5) is 13.2 Å². The van der Waals surface area contributed by atoms with Crippen LogP contribution in [0.15, 0.2) is 30.3 Å². The average Bonchev–Trinajstić information content (AvgIpc) is 3.19. The second-order valence-electron chi connectivity index (χ2n) is 7.67. The zero-order chi connectivity index (χ0) is 21.9. The van der Waals surface area contributed by atoms with Crippen molar-refractivity contribution in [1.82, 2.24) is 20.0 Å². The summed E-state index contributed by atoms with van der Waals surface area (Å²) in [5.41, 5.74) is 1.65. The van der Waals surface area contributed by atoms with Crippen LogP contribution in [0.2, 0.25) is 0 Å². The fourth-order valence-electron chi connectivity index (χ4n) is 3.65. The quantitative estimate of drug-likeness (QED) is 0.698. The Morgan fingerprint density at radius 1 is 1.27 bits per heavy atom. The molecule has 1 N–H and O–H groups in total. The molecule has 0 spiro atoms. The van der Waals surface area contributed by atoms with Gasteiger partial charge in [-0.3, -0.25) is 14.3 Å². The highest BCUT2D eigenvalue weighted by molar-refractivity contribution is 5.89. The van der Waals surface area contributed by atoms with E-state index in [4.69, 9.17) is 0 Å². The Bertz CT molecular complexity index is 923. The first-order chi connectivity index (χ1) is 14.1. The lowest BCUT2D eigenvalue weighted by Gasteiger charge is -2.17. The Morgan fingerprint density at radius 3 is 2.70 bits per heavy atom. The average molecular weight is 422 g/mol. The van der Waals surface area contributed by atoms with Gasteiger partial charge in [-0.1, -0.05) is 12.1 Å². The van der Waals surface area contributed by atoms with Gasteiger partial charge in [-0.05, 0) is 44.0 Å². The minimum absolute atomic E-state index is 0.0600. The van der Waals surface area contributed by atoms with Gasteiger partial charge in [0.1, 0.15) is 0 Å². The van der Waals surface area contributed by atoms with E-state index in [1.807, 2.05) is 24.6 Å². The highest BCUT2D eigenvalue weighted by atomic mass is 19.4. The van der Waals surface area contributed by atoms with Crippen molar-refractivity contribution in [1.29, 1.82) is 0 Å². The van der Waals surface area contributed by atoms with Crippen molar-refractivity contribution in [3.63, 3.8) is 0 Å². The van der Waals surface area contributed by atoms with Crippen LogP contribution in [0.5, 0.6) is 0 Å². The van der Waals surface area contributed by atoms with Gasteiger partial charge in [0.25, 0.3) is 0 Å². The van der Waals surface area contributed by atoms with Crippen molar-refractivity contribution < 1.29 is 22.8 Å². The maximum Gasteiger partial charge on any atom is 0.416 e. The van der Waals surface area contributed by atoms with E-state index >= 15 is 0 Å². The predicted molar refractivity (Wildman–Crippen MR) is 104 cm³/mol. The molecule has 1 aliphatic heterocycles. The number of nitrogens with zero attached hydrogens (tertiary/aromatic N) is 3. The number of likely N-dealkylation sites (tertiary alicyclic amines) is 1. The van der Waals surface area contributed by atoms with Crippen LogP contribution in [0, 0.1) is 19.8 Å². The summed E-state index contributed by atoms with van der Waals surface area (Å²) < 4.78 is 40.5. The van der Waals surface area contributed by atoms with Gasteiger partial charge in [0, 0.05) is 38.3 Å². The Balaban J connectivity index is 1.48. The number of carbonyl (C=O) groups is 2. The topological polar surface area (TPSA) is 67.2 Å². The zero-order valence-electron chi connectivity index (χ0n) is 17.0. The van der Waals surface area contributed by atoms with Crippen LogP contribution in [0.25, 0.3) is 0 Å². The molecule has 162 valence electrons. The number of halogens is 3. The van der Waals surface area contributed by atoms with Crippen molar-refractivity contribution in [3.05, 3.63) is 52.8 Å². The third-order valence-electron chi connectivity index (χ3n) is 5.16. The molecule has 3 rings (SSSR count). The first-order valence-corrected chi connectivity index (χ1v) is 9.86. The molecule has 1 aliphatic rings. The van der Waals surface area contributed by atoms with Crippen molar-refractivity contribution in [3.8, 4) is 0 Å². The molecule has 1 aromatic heterocycles. The van der Waals surface area contributed by atoms with Crippen molar-refractivity contribution in [2.45, 2.75) is 46.0 Å². The normalized spacial score (nSPS) is 16.9. The Hall–Kier alpha value is -2.84. The molecule has 0 bridgehead atoms. The molecule has 1 aromatic carbocycles. The fraction of sp³-hybridized carbons (Fsp3) is 0.476. The third-order valence-corrected chi connectivity index (χ3v) is 5.16. The lowest BCUT2D eigenvalue weighted by Crippen LogP contribution is -2.33. The van der Waals surface area contributed by atoms with Crippen LogP contribution < -0.4 is 5.32 Å². The molecule has 9 heteroatoms. The number of rotatable bonds is 7. The highest BCUT2D eigenvalue weighted by Gasteiger charge is 2.35. The molecule has 6 nitrogen and oxygen atoms in total. The van der Waals surface area contributed by atoms with Gasteiger partial charge in [0.2, 0.25) is 11.8 Å². The number of hydrogen-bond donors (Lipinski definition) is 1. The van der Waals surface area contributed by atoms with E-state index < -0.39 is 17.7 Å². The summed E-state index contributed by atoms with van der Waals surface area (Å²) in [4.78, 5) is 26.1.